The summed E-state index contributed by atoms with van der Waals surface area (Å²) >= 11 is 0. The van der Waals surface area contributed by atoms with Gasteiger partial charge in [0.15, 0.2) is 0 Å². The van der Waals surface area contributed by atoms with E-state index in [1.165, 1.54) is 25.7 Å². The molecule has 0 radical (unpaired) electrons. The average Bonchev–Trinajstić information content (AvgIpc) is 3.16. The Kier molecular flexibility index (Phi) is 5.71. The highest BCUT2D eigenvalue weighted by Crippen LogP contribution is 2.29. The smallest absolute Gasteiger partial charge is 0.104 e. The molecule has 1 aliphatic heterocycles. The first kappa shape index (κ1) is 13.3. The van der Waals surface area contributed by atoms with Crippen LogP contribution in [0.2, 0.25) is 0 Å². The second kappa shape index (κ2) is 7.31. The molecule has 1 atom stereocenters. The molecule has 1 saturated heterocycles. The van der Waals surface area contributed by atoms with E-state index >= 15 is 0 Å². The van der Waals surface area contributed by atoms with E-state index in [1.807, 2.05) is 0 Å². The number of rotatable bonds is 8. The van der Waals surface area contributed by atoms with Crippen molar-refractivity contribution in [3.8, 4) is 0 Å². The lowest BCUT2D eigenvalue weighted by Crippen LogP contribution is -2.22. The molecule has 0 aromatic carbocycles. The van der Waals surface area contributed by atoms with Crippen molar-refractivity contribution in [1.29, 1.82) is 0 Å². The third-order valence-electron chi connectivity index (χ3n) is 3.62. The number of aliphatic hydroxyl groups is 1. The Bertz CT molecular complexity index is 198. The third kappa shape index (κ3) is 5.34. The zero-order chi connectivity index (χ0) is 11.9. The van der Waals surface area contributed by atoms with Gasteiger partial charge in [0.25, 0.3) is 0 Å². The highest BCUT2D eigenvalue weighted by atomic mass is 16.6. The maximum Gasteiger partial charge on any atom is 0.104 e. The predicted octanol–water partition coefficient (Wildman–Crippen LogP) is 1.22. The van der Waals surface area contributed by atoms with Gasteiger partial charge in [0.1, 0.15) is 6.10 Å². The van der Waals surface area contributed by atoms with Crippen molar-refractivity contribution in [2.24, 2.45) is 11.8 Å². The summed E-state index contributed by atoms with van der Waals surface area (Å²) in [7, 11) is 0. The summed E-state index contributed by atoms with van der Waals surface area (Å²) < 4.78 is 16.1. The number of epoxide rings is 1. The maximum absolute atomic E-state index is 8.63. The van der Waals surface area contributed by atoms with E-state index in [4.69, 9.17) is 19.3 Å². The van der Waals surface area contributed by atoms with E-state index in [-0.39, 0.29) is 6.61 Å². The molecular formula is C13H24O4. The van der Waals surface area contributed by atoms with E-state index in [0.717, 1.165) is 32.3 Å². The monoisotopic (exact) mass is 244 g/mol. The van der Waals surface area contributed by atoms with E-state index in [1.54, 1.807) is 0 Å². The molecular weight excluding hydrogens is 220 g/mol. The lowest BCUT2D eigenvalue weighted by molar-refractivity contribution is 0.0350. The molecule has 100 valence electrons. The summed E-state index contributed by atoms with van der Waals surface area (Å²) in [5.41, 5.74) is 0. The van der Waals surface area contributed by atoms with Gasteiger partial charge in [-0.25, -0.2) is 0 Å². The van der Waals surface area contributed by atoms with Crippen LogP contribution in [0.25, 0.3) is 0 Å². The molecule has 0 spiro atoms. The SMILES string of the molecule is OCCOCC1CCC(COCC2CO2)CC1. The van der Waals surface area contributed by atoms with Crippen molar-refractivity contribution in [1.82, 2.24) is 0 Å². The van der Waals surface area contributed by atoms with Crippen LogP contribution in [0.1, 0.15) is 25.7 Å². The molecule has 0 amide bonds. The van der Waals surface area contributed by atoms with Crippen molar-refractivity contribution < 1.29 is 19.3 Å². The Morgan fingerprint density at radius 3 is 2.06 bits per heavy atom. The average molecular weight is 244 g/mol. The summed E-state index contributed by atoms with van der Waals surface area (Å²) in [6, 6.07) is 0. The van der Waals surface area contributed by atoms with Gasteiger partial charge < -0.3 is 19.3 Å². The van der Waals surface area contributed by atoms with Crippen LogP contribution in [-0.4, -0.2) is 50.9 Å². The molecule has 1 N–H and O–H groups in total. The van der Waals surface area contributed by atoms with Gasteiger partial charge in [-0.05, 0) is 37.5 Å². The molecule has 2 fully saturated rings. The molecule has 0 aromatic rings. The van der Waals surface area contributed by atoms with Crippen molar-refractivity contribution >= 4 is 0 Å². The van der Waals surface area contributed by atoms with Gasteiger partial charge in [-0.15, -0.1) is 0 Å². The van der Waals surface area contributed by atoms with Crippen molar-refractivity contribution in [3.63, 3.8) is 0 Å². The van der Waals surface area contributed by atoms with Gasteiger partial charge in [-0.2, -0.15) is 0 Å². The number of aliphatic hydroxyl groups excluding tert-OH is 1. The Morgan fingerprint density at radius 1 is 0.941 bits per heavy atom. The van der Waals surface area contributed by atoms with Gasteiger partial charge in [-0.3, -0.25) is 0 Å². The predicted molar refractivity (Wildman–Crippen MR) is 63.9 cm³/mol. The minimum atomic E-state index is 0.131. The number of hydrogen-bond donors (Lipinski definition) is 1. The zero-order valence-corrected chi connectivity index (χ0v) is 10.5. The summed E-state index contributed by atoms with van der Waals surface area (Å²) in [5, 5.41) is 8.63. The van der Waals surface area contributed by atoms with Gasteiger partial charge in [-0.1, -0.05) is 0 Å². The van der Waals surface area contributed by atoms with Crippen molar-refractivity contribution in [2.45, 2.75) is 31.8 Å². The van der Waals surface area contributed by atoms with Gasteiger partial charge in [0, 0.05) is 13.2 Å². The van der Waals surface area contributed by atoms with Crippen LogP contribution in [0.3, 0.4) is 0 Å². The zero-order valence-electron chi connectivity index (χ0n) is 10.5. The van der Waals surface area contributed by atoms with Crippen LogP contribution >= 0.6 is 0 Å². The Balaban J connectivity index is 1.48. The maximum atomic E-state index is 8.63. The molecule has 1 heterocycles. The van der Waals surface area contributed by atoms with Crippen LogP contribution in [0.4, 0.5) is 0 Å². The molecule has 0 bridgehead atoms. The van der Waals surface area contributed by atoms with Crippen LogP contribution in [0, 0.1) is 11.8 Å². The number of hydrogen-bond acceptors (Lipinski definition) is 4. The largest absolute Gasteiger partial charge is 0.394 e. The highest BCUT2D eigenvalue weighted by Gasteiger charge is 2.25. The molecule has 2 rings (SSSR count). The highest BCUT2D eigenvalue weighted by molar-refractivity contribution is 4.73. The molecule has 17 heavy (non-hydrogen) atoms. The van der Waals surface area contributed by atoms with Gasteiger partial charge >= 0.3 is 0 Å². The minimum Gasteiger partial charge on any atom is -0.394 e. The first-order chi connectivity index (χ1) is 8.38. The first-order valence-corrected chi connectivity index (χ1v) is 6.76. The van der Waals surface area contributed by atoms with Crippen molar-refractivity contribution in [3.05, 3.63) is 0 Å². The molecule has 1 aliphatic carbocycles. The van der Waals surface area contributed by atoms with E-state index in [2.05, 4.69) is 0 Å². The van der Waals surface area contributed by atoms with Crippen molar-refractivity contribution in [2.75, 3.05) is 39.6 Å². The lowest BCUT2D eigenvalue weighted by Gasteiger charge is -2.28. The second-order valence-electron chi connectivity index (χ2n) is 5.18. The van der Waals surface area contributed by atoms with Gasteiger partial charge in [0.2, 0.25) is 0 Å². The Labute approximate surface area is 103 Å². The molecule has 1 unspecified atom stereocenters. The topological polar surface area (TPSA) is 51.2 Å². The first-order valence-electron chi connectivity index (χ1n) is 6.76. The standard InChI is InChI=1S/C13H24O4/c14-5-6-15-7-11-1-3-12(4-2-11)8-16-9-13-10-17-13/h11-14H,1-10H2. The van der Waals surface area contributed by atoms with E-state index in [0.29, 0.717) is 18.6 Å². The van der Waals surface area contributed by atoms with Crippen LogP contribution in [0.15, 0.2) is 0 Å². The normalized spacial score (nSPS) is 32.6. The Hall–Kier alpha value is -0.160. The third-order valence-corrected chi connectivity index (χ3v) is 3.62. The molecule has 0 aromatic heterocycles. The summed E-state index contributed by atoms with van der Waals surface area (Å²) in [4.78, 5) is 0. The number of ether oxygens (including phenoxy) is 3. The lowest BCUT2D eigenvalue weighted by atomic mass is 9.83. The molecule has 1 saturated carbocycles. The van der Waals surface area contributed by atoms with E-state index < -0.39 is 0 Å². The fourth-order valence-electron chi connectivity index (χ4n) is 2.41. The second-order valence-corrected chi connectivity index (χ2v) is 5.18. The van der Waals surface area contributed by atoms with Crippen LogP contribution < -0.4 is 0 Å². The molecule has 4 nitrogen and oxygen atoms in total. The molecule has 2 aliphatic rings. The van der Waals surface area contributed by atoms with Gasteiger partial charge in [0.05, 0.1) is 26.4 Å². The summed E-state index contributed by atoms with van der Waals surface area (Å²) in [6.07, 6.45) is 5.36. The quantitative estimate of drug-likeness (QED) is 0.515. The van der Waals surface area contributed by atoms with E-state index in [9.17, 15) is 0 Å². The summed E-state index contributed by atoms with van der Waals surface area (Å²) in [6.45, 7) is 3.97. The Morgan fingerprint density at radius 2 is 1.53 bits per heavy atom. The van der Waals surface area contributed by atoms with Crippen LogP contribution in [0.5, 0.6) is 0 Å². The molecule has 4 heteroatoms. The fourth-order valence-corrected chi connectivity index (χ4v) is 2.41. The summed E-state index contributed by atoms with van der Waals surface area (Å²) in [5.74, 6) is 1.41. The minimum absolute atomic E-state index is 0.131. The van der Waals surface area contributed by atoms with Crippen LogP contribution in [-0.2, 0) is 14.2 Å². The fraction of sp³-hybridized carbons (Fsp3) is 1.00.